The lowest BCUT2D eigenvalue weighted by Crippen LogP contribution is -2.53. The number of rotatable bonds is 5. The Morgan fingerprint density at radius 1 is 1.13 bits per heavy atom. The Balaban J connectivity index is 2.57. The molecule has 0 heterocycles. The number of hydrogen-bond acceptors (Lipinski definition) is 3. The summed E-state index contributed by atoms with van der Waals surface area (Å²) in [5.41, 5.74) is 12.0. The highest BCUT2D eigenvalue weighted by Crippen LogP contribution is 2.21. The molecule has 4 N–H and O–H groups in total. The summed E-state index contributed by atoms with van der Waals surface area (Å²) in [6.07, 6.45) is 6.93. The molecule has 0 bridgehead atoms. The van der Waals surface area contributed by atoms with Crippen molar-refractivity contribution in [1.29, 1.82) is 0 Å². The van der Waals surface area contributed by atoms with Crippen molar-refractivity contribution in [2.75, 3.05) is 13.1 Å². The summed E-state index contributed by atoms with van der Waals surface area (Å²) in [5.74, 6) is 0. The van der Waals surface area contributed by atoms with Gasteiger partial charge in [0.05, 0.1) is 0 Å². The first-order valence-electron chi connectivity index (χ1n) is 5.66. The highest BCUT2D eigenvalue weighted by molar-refractivity contribution is 4.94. The summed E-state index contributed by atoms with van der Waals surface area (Å²) in [7, 11) is 0. The second-order valence-corrected chi connectivity index (χ2v) is 4.34. The van der Waals surface area contributed by atoms with Crippen molar-refractivity contribution in [3.05, 3.63) is 25.3 Å². The highest BCUT2D eigenvalue weighted by Gasteiger charge is 2.29. The molecule has 0 amide bonds. The SMILES string of the molecule is C=CCN(CC=C)C1CCC(N)CC1N. The average molecular weight is 209 g/mol. The summed E-state index contributed by atoms with van der Waals surface area (Å²) in [6, 6.07) is 0.903. The van der Waals surface area contributed by atoms with E-state index >= 15 is 0 Å². The predicted molar refractivity (Wildman–Crippen MR) is 65.6 cm³/mol. The lowest BCUT2D eigenvalue weighted by Gasteiger charge is -2.39. The van der Waals surface area contributed by atoms with E-state index in [1.54, 1.807) is 0 Å². The molecule has 0 aliphatic heterocycles. The lowest BCUT2D eigenvalue weighted by molar-refractivity contribution is 0.158. The van der Waals surface area contributed by atoms with Crippen LogP contribution in [-0.4, -0.2) is 36.1 Å². The van der Waals surface area contributed by atoms with Gasteiger partial charge in [-0.05, 0) is 19.3 Å². The van der Waals surface area contributed by atoms with Crippen LogP contribution in [0.4, 0.5) is 0 Å². The molecule has 1 saturated carbocycles. The van der Waals surface area contributed by atoms with E-state index in [9.17, 15) is 0 Å². The van der Waals surface area contributed by atoms with E-state index in [1.807, 2.05) is 12.2 Å². The van der Waals surface area contributed by atoms with Crippen LogP contribution in [0.1, 0.15) is 19.3 Å². The van der Waals surface area contributed by atoms with E-state index in [4.69, 9.17) is 11.5 Å². The second-order valence-electron chi connectivity index (χ2n) is 4.34. The van der Waals surface area contributed by atoms with Crippen LogP contribution in [0.5, 0.6) is 0 Å². The highest BCUT2D eigenvalue weighted by atomic mass is 15.2. The molecule has 0 aromatic rings. The first-order valence-corrected chi connectivity index (χ1v) is 5.66. The Labute approximate surface area is 92.8 Å². The summed E-state index contributed by atoms with van der Waals surface area (Å²) in [6.45, 7) is 9.30. The molecule has 3 heteroatoms. The van der Waals surface area contributed by atoms with Crippen LogP contribution in [0.15, 0.2) is 25.3 Å². The van der Waals surface area contributed by atoms with Crippen LogP contribution >= 0.6 is 0 Å². The lowest BCUT2D eigenvalue weighted by atomic mass is 9.86. The van der Waals surface area contributed by atoms with Gasteiger partial charge in [-0.25, -0.2) is 0 Å². The van der Waals surface area contributed by atoms with Gasteiger partial charge >= 0.3 is 0 Å². The predicted octanol–water partition coefficient (Wildman–Crippen LogP) is 0.868. The van der Waals surface area contributed by atoms with E-state index in [2.05, 4.69) is 18.1 Å². The third kappa shape index (κ3) is 3.45. The van der Waals surface area contributed by atoms with E-state index in [1.165, 1.54) is 0 Å². The monoisotopic (exact) mass is 209 g/mol. The van der Waals surface area contributed by atoms with Crippen molar-refractivity contribution < 1.29 is 0 Å². The molecule has 0 aromatic heterocycles. The molecule has 3 nitrogen and oxygen atoms in total. The molecule has 1 aliphatic rings. The molecular weight excluding hydrogens is 186 g/mol. The van der Waals surface area contributed by atoms with Gasteiger partial charge in [0, 0.05) is 31.2 Å². The van der Waals surface area contributed by atoms with Gasteiger partial charge in [-0.2, -0.15) is 0 Å². The van der Waals surface area contributed by atoms with Gasteiger partial charge in [-0.3, -0.25) is 4.90 Å². The molecule has 1 fully saturated rings. The Bertz CT molecular complexity index is 205. The normalized spacial score (nSPS) is 31.5. The van der Waals surface area contributed by atoms with Gasteiger partial charge in [-0.1, -0.05) is 12.2 Å². The maximum atomic E-state index is 6.14. The summed E-state index contributed by atoms with van der Waals surface area (Å²) < 4.78 is 0. The van der Waals surface area contributed by atoms with Crippen molar-refractivity contribution in [3.8, 4) is 0 Å². The topological polar surface area (TPSA) is 55.3 Å². The minimum Gasteiger partial charge on any atom is -0.328 e. The summed E-state index contributed by atoms with van der Waals surface area (Å²) in [4.78, 5) is 2.33. The fraction of sp³-hybridized carbons (Fsp3) is 0.667. The molecule has 3 unspecified atom stereocenters. The van der Waals surface area contributed by atoms with Crippen LogP contribution < -0.4 is 11.5 Å². The third-order valence-corrected chi connectivity index (χ3v) is 3.10. The van der Waals surface area contributed by atoms with E-state index in [0.29, 0.717) is 6.04 Å². The molecule has 15 heavy (non-hydrogen) atoms. The molecular formula is C12H23N3. The molecule has 0 aromatic carbocycles. The van der Waals surface area contributed by atoms with Crippen molar-refractivity contribution in [2.45, 2.75) is 37.4 Å². The fourth-order valence-electron chi connectivity index (χ4n) is 2.35. The molecule has 0 spiro atoms. The largest absolute Gasteiger partial charge is 0.328 e. The number of hydrogen-bond donors (Lipinski definition) is 2. The number of nitrogens with two attached hydrogens (primary N) is 2. The van der Waals surface area contributed by atoms with E-state index in [0.717, 1.165) is 32.4 Å². The number of nitrogens with zero attached hydrogens (tertiary/aromatic N) is 1. The van der Waals surface area contributed by atoms with Crippen LogP contribution in [0.2, 0.25) is 0 Å². The third-order valence-electron chi connectivity index (χ3n) is 3.10. The average Bonchev–Trinajstić information content (AvgIpc) is 2.17. The molecule has 3 atom stereocenters. The molecule has 1 rings (SSSR count). The minimum absolute atomic E-state index is 0.189. The van der Waals surface area contributed by atoms with Crippen LogP contribution in [-0.2, 0) is 0 Å². The fourth-order valence-corrected chi connectivity index (χ4v) is 2.35. The van der Waals surface area contributed by atoms with Gasteiger partial charge in [-0.15, -0.1) is 13.2 Å². The summed E-state index contributed by atoms with van der Waals surface area (Å²) in [5, 5.41) is 0. The zero-order chi connectivity index (χ0) is 11.3. The van der Waals surface area contributed by atoms with Gasteiger partial charge in [0.15, 0.2) is 0 Å². The standard InChI is InChI=1S/C12H23N3/c1-3-7-15(8-4-2)12-6-5-10(13)9-11(12)14/h3-4,10-12H,1-2,5-9,13-14H2. The van der Waals surface area contributed by atoms with Crippen LogP contribution in [0.25, 0.3) is 0 Å². The van der Waals surface area contributed by atoms with Crippen LogP contribution in [0.3, 0.4) is 0 Å². The second kappa shape index (κ2) is 6.05. The van der Waals surface area contributed by atoms with Gasteiger partial charge in [0.25, 0.3) is 0 Å². The maximum absolute atomic E-state index is 6.14. The van der Waals surface area contributed by atoms with Crippen LogP contribution in [0, 0.1) is 0 Å². The summed E-state index contributed by atoms with van der Waals surface area (Å²) >= 11 is 0. The van der Waals surface area contributed by atoms with Crippen molar-refractivity contribution in [2.24, 2.45) is 11.5 Å². The molecule has 1 aliphatic carbocycles. The van der Waals surface area contributed by atoms with Crippen molar-refractivity contribution in [3.63, 3.8) is 0 Å². The Kier molecular flexibility index (Phi) is 5.02. The van der Waals surface area contributed by atoms with E-state index < -0.39 is 0 Å². The zero-order valence-electron chi connectivity index (χ0n) is 9.44. The quantitative estimate of drug-likeness (QED) is 0.661. The molecule has 0 radical (unpaired) electrons. The van der Waals surface area contributed by atoms with Gasteiger partial charge in [0.1, 0.15) is 0 Å². The Hall–Kier alpha value is -0.640. The maximum Gasteiger partial charge on any atom is 0.0254 e. The van der Waals surface area contributed by atoms with Gasteiger partial charge in [0.2, 0.25) is 0 Å². The zero-order valence-corrected chi connectivity index (χ0v) is 9.44. The first-order chi connectivity index (χ1) is 7.19. The van der Waals surface area contributed by atoms with Crippen molar-refractivity contribution >= 4 is 0 Å². The minimum atomic E-state index is 0.189. The molecule has 86 valence electrons. The van der Waals surface area contributed by atoms with Crippen molar-refractivity contribution in [1.82, 2.24) is 4.90 Å². The van der Waals surface area contributed by atoms with E-state index in [-0.39, 0.29) is 12.1 Å². The van der Waals surface area contributed by atoms with Gasteiger partial charge < -0.3 is 11.5 Å². The Morgan fingerprint density at radius 2 is 1.73 bits per heavy atom. The molecule has 0 saturated heterocycles. The first kappa shape index (κ1) is 12.4. The Morgan fingerprint density at radius 3 is 2.20 bits per heavy atom. The smallest absolute Gasteiger partial charge is 0.0254 e.